The molecule has 4 N–H and O–H groups in total. The molecule has 0 bridgehead atoms. The van der Waals surface area contributed by atoms with Crippen molar-refractivity contribution < 1.29 is 14.0 Å². The van der Waals surface area contributed by atoms with Gasteiger partial charge >= 0.3 is 6.03 Å². The first-order valence-electron chi connectivity index (χ1n) is 5.62. The summed E-state index contributed by atoms with van der Waals surface area (Å²) in [6.45, 7) is 0.327. The molecule has 2 aromatic rings. The van der Waals surface area contributed by atoms with Crippen LogP contribution in [0.4, 0.5) is 10.5 Å². The Kier molecular flexibility index (Phi) is 3.82. The molecule has 3 amide bonds. The molecule has 1 aromatic carbocycles. The third kappa shape index (κ3) is 3.60. The molecular weight excluding hydrogens is 246 g/mol. The van der Waals surface area contributed by atoms with Crippen LogP contribution in [-0.4, -0.2) is 11.9 Å². The van der Waals surface area contributed by atoms with Gasteiger partial charge in [0.1, 0.15) is 5.76 Å². The van der Waals surface area contributed by atoms with Crippen molar-refractivity contribution in [2.24, 2.45) is 5.73 Å². The highest BCUT2D eigenvalue weighted by molar-refractivity contribution is 5.95. The highest BCUT2D eigenvalue weighted by Gasteiger charge is 2.06. The minimum absolute atomic E-state index is 0.220. The van der Waals surface area contributed by atoms with Gasteiger partial charge in [0, 0.05) is 11.3 Å². The van der Waals surface area contributed by atoms with Crippen molar-refractivity contribution in [1.29, 1.82) is 0 Å². The van der Waals surface area contributed by atoms with E-state index in [1.165, 1.54) is 0 Å². The van der Waals surface area contributed by atoms with Crippen molar-refractivity contribution in [2.75, 3.05) is 5.32 Å². The topological polar surface area (TPSA) is 97.4 Å². The van der Waals surface area contributed by atoms with Crippen molar-refractivity contribution in [2.45, 2.75) is 6.54 Å². The molecule has 0 aliphatic rings. The summed E-state index contributed by atoms with van der Waals surface area (Å²) in [5.74, 6) is 0.461. The lowest BCUT2D eigenvalue weighted by Crippen LogP contribution is -2.22. The molecule has 19 heavy (non-hydrogen) atoms. The maximum absolute atomic E-state index is 11.8. The van der Waals surface area contributed by atoms with Crippen molar-refractivity contribution in [3.05, 3.63) is 54.0 Å². The zero-order valence-electron chi connectivity index (χ0n) is 10.1. The zero-order valence-corrected chi connectivity index (χ0v) is 10.1. The normalized spacial score (nSPS) is 9.89. The average molecular weight is 259 g/mol. The van der Waals surface area contributed by atoms with Crippen LogP contribution in [0, 0.1) is 0 Å². The van der Waals surface area contributed by atoms with Gasteiger partial charge in [-0.2, -0.15) is 0 Å². The molecular formula is C13H13N3O3. The molecule has 0 spiro atoms. The summed E-state index contributed by atoms with van der Waals surface area (Å²) >= 11 is 0. The largest absolute Gasteiger partial charge is 0.467 e. The molecule has 0 aliphatic heterocycles. The number of urea groups is 1. The Bertz CT molecular complexity index is 561. The Morgan fingerprint density at radius 2 is 1.89 bits per heavy atom. The van der Waals surface area contributed by atoms with Crippen LogP contribution in [0.1, 0.15) is 16.1 Å². The van der Waals surface area contributed by atoms with Crippen molar-refractivity contribution in [3.8, 4) is 0 Å². The first-order valence-corrected chi connectivity index (χ1v) is 5.62. The molecule has 1 aromatic heterocycles. The number of hydrogen-bond acceptors (Lipinski definition) is 3. The lowest BCUT2D eigenvalue weighted by atomic mass is 10.2. The van der Waals surface area contributed by atoms with E-state index in [1.54, 1.807) is 42.7 Å². The lowest BCUT2D eigenvalue weighted by molar-refractivity contribution is 0.0948. The van der Waals surface area contributed by atoms with Crippen LogP contribution in [0.15, 0.2) is 47.1 Å². The second-order valence-corrected chi connectivity index (χ2v) is 3.83. The second-order valence-electron chi connectivity index (χ2n) is 3.83. The molecule has 0 radical (unpaired) electrons. The summed E-state index contributed by atoms with van der Waals surface area (Å²) in [6.07, 6.45) is 1.55. The number of rotatable bonds is 4. The fourth-order valence-electron chi connectivity index (χ4n) is 1.53. The Hall–Kier alpha value is -2.76. The number of amides is 3. The number of anilines is 1. The Morgan fingerprint density at radius 3 is 2.47 bits per heavy atom. The van der Waals surface area contributed by atoms with Crippen molar-refractivity contribution >= 4 is 17.6 Å². The molecule has 6 heteroatoms. The van der Waals surface area contributed by atoms with Crippen LogP contribution in [0.3, 0.4) is 0 Å². The van der Waals surface area contributed by atoms with Crippen LogP contribution in [0.25, 0.3) is 0 Å². The molecule has 0 atom stereocenters. The number of hydrogen-bond donors (Lipinski definition) is 3. The fourth-order valence-corrected chi connectivity index (χ4v) is 1.53. The van der Waals surface area contributed by atoms with E-state index in [0.29, 0.717) is 23.6 Å². The maximum atomic E-state index is 11.8. The Labute approximate surface area is 109 Å². The van der Waals surface area contributed by atoms with E-state index in [4.69, 9.17) is 10.2 Å². The van der Waals surface area contributed by atoms with E-state index in [1.807, 2.05) is 0 Å². The Morgan fingerprint density at radius 1 is 1.16 bits per heavy atom. The maximum Gasteiger partial charge on any atom is 0.316 e. The van der Waals surface area contributed by atoms with Gasteiger partial charge in [0.2, 0.25) is 0 Å². The van der Waals surface area contributed by atoms with Gasteiger partial charge in [0.05, 0.1) is 12.8 Å². The molecule has 0 fully saturated rings. The first kappa shape index (κ1) is 12.7. The van der Waals surface area contributed by atoms with Crippen LogP contribution in [0.2, 0.25) is 0 Å². The Balaban J connectivity index is 1.93. The number of carbonyl (C=O) groups excluding carboxylic acids is 2. The summed E-state index contributed by atoms with van der Waals surface area (Å²) in [4.78, 5) is 22.5. The smallest absolute Gasteiger partial charge is 0.316 e. The quantitative estimate of drug-likeness (QED) is 0.779. The number of furan rings is 1. The van der Waals surface area contributed by atoms with Gasteiger partial charge in [-0.1, -0.05) is 0 Å². The predicted octanol–water partition coefficient (Wildman–Crippen LogP) is 1.70. The van der Waals surface area contributed by atoms with E-state index in [9.17, 15) is 9.59 Å². The second kappa shape index (κ2) is 5.72. The fraction of sp³-hybridized carbons (Fsp3) is 0.0769. The molecule has 1 heterocycles. The van der Waals surface area contributed by atoms with Crippen molar-refractivity contribution in [3.63, 3.8) is 0 Å². The number of primary amides is 1. The molecule has 98 valence electrons. The average Bonchev–Trinajstić information content (AvgIpc) is 2.89. The third-order valence-electron chi connectivity index (χ3n) is 2.42. The monoisotopic (exact) mass is 259 g/mol. The number of nitrogens with two attached hydrogens (primary N) is 1. The van der Waals surface area contributed by atoms with E-state index in [0.717, 1.165) is 0 Å². The van der Waals surface area contributed by atoms with Crippen LogP contribution >= 0.6 is 0 Å². The minimum atomic E-state index is -0.643. The van der Waals surface area contributed by atoms with Gasteiger partial charge in [-0.15, -0.1) is 0 Å². The number of carbonyl (C=O) groups is 2. The van der Waals surface area contributed by atoms with E-state index in [-0.39, 0.29) is 5.91 Å². The van der Waals surface area contributed by atoms with Crippen LogP contribution < -0.4 is 16.4 Å². The molecule has 6 nitrogen and oxygen atoms in total. The predicted molar refractivity (Wildman–Crippen MR) is 69.5 cm³/mol. The summed E-state index contributed by atoms with van der Waals surface area (Å²) in [5, 5.41) is 5.13. The van der Waals surface area contributed by atoms with E-state index in [2.05, 4.69) is 10.6 Å². The first-order chi connectivity index (χ1) is 9.15. The van der Waals surface area contributed by atoms with Gasteiger partial charge in [-0.3, -0.25) is 4.79 Å². The highest BCUT2D eigenvalue weighted by Crippen LogP contribution is 2.09. The SMILES string of the molecule is NC(=O)Nc1ccc(C(=O)NCc2ccco2)cc1. The highest BCUT2D eigenvalue weighted by atomic mass is 16.3. The molecule has 0 unspecified atom stereocenters. The number of nitrogens with one attached hydrogen (secondary N) is 2. The summed E-state index contributed by atoms with van der Waals surface area (Å²) in [7, 11) is 0. The lowest BCUT2D eigenvalue weighted by Gasteiger charge is -2.05. The van der Waals surface area contributed by atoms with Crippen molar-refractivity contribution in [1.82, 2.24) is 5.32 Å². The van der Waals surface area contributed by atoms with Crippen LogP contribution in [0.5, 0.6) is 0 Å². The standard InChI is InChI=1S/C13H13N3O3/c14-13(18)16-10-5-3-9(4-6-10)12(17)15-8-11-2-1-7-19-11/h1-7H,8H2,(H,15,17)(H3,14,16,18). The van der Waals surface area contributed by atoms with E-state index < -0.39 is 6.03 Å². The van der Waals surface area contributed by atoms with Crippen LogP contribution in [-0.2, 0) is 6.54 Å². The van der Waals surface area contributed by atoms with Gasteiger partial charge in [-0.25, -0.2) is 4.79 Å². The summed E-state index contributed by atoms with van der Waals surface area (Å²) < 4.78 is 5.11. The summed E-state index contributed by atoms with van der Waals surface area (Å²) in [5.41, 5.74) is 6.01. The third-order valence-corrected chi connectivity index (χ3v) is 2.42. The number of benzene rings is 1. The van der Waals surface area contributed by atoms with Gasteiger partial charge in [-0.05, 0) is 36.4 Å². The zero-order chi connectivity index (χ0) is 13.7. The van der Waals surface area contributed by atoms with Gasteiger partial charge in [0.25, 0.3) is 5.91 Å². The van der Waals surface area contributed by atoms with Gasteiger partial charge < -0.3 is 20.8 Å². The minimum Gasteiger partial charge on any atom is -0.467 e. The molecule has 2 rings (SSSR count). The molecule has 0 saturated carbocycles. The molecule has 0 saturated heterocycles. The summed E-state index contributed by atoms with van der Waals surface area (Å²) in [6, 6.07) is 9.30. The molecule has 0 aliphatic carbocycles. The van der Waals surface area contributed by atoms with Gasteiger partial charge in [0.15, 0.2) is 0 Å². The van der Waals surface area contributed by atoms with E-state index >= 15 is 0 Å².